The van der Waals surface area contributed by atoms with Crippen molar-refractivity contribution in [2.45, 2.75) is 0 Å². The molecule has 42 valence electrons. The molecule has 8 heavy (non-hydrogen) atoms. The van der Waals surface area contributed by atoms with Crippen LogP contribution in [-0.2, 0) is 9.59 Å². The van der Waals surface area contributed by atoms with Crippen molar-refractivity contribution >= 4 is 11.8 Å². The second-order valence-corrected chi connectivity index (χ2v) is 1.57. The highest BCUT2D eigenvalue weighted by Crippen LogP contribution is 2.06. The zero-order chi connectivity index (χ0) is 6.15. The Balaban J connectivity index is 2.65. The normalized spacial score (nSPS) is 19.5. The summed E-state index contributed by atoms with van der Waals surface area (Å²) in [7, 11) is 0. The predicted molar refractivity (Wildman–Crippen MR) is 26.8 cm³/mol. The molecule has 1 rings (SSSR count). The summed E-state index contributed by atoms with van der Waals surface area (Å²) in [5.74, 6) is -1.06. The average molecular weight is 111 g/mol. The van der Waals surface area contributed by atoms with E-state index in [1.807, 2.05) is 0 Å². The molecule has 0 unspecified atom stereocenters. The maximum Gasteiger partial charge on any atom is 0.243 e. The van der Waals surface area contributed by atoms with Crippen molar-refractivity contribution in [3.8, 4) is 0 Å². The molecular formula is C5H5NO2. The number of nitrogens with one attached hydrogen (secondary N) is 1. The van der Waals surface area contributed by atoms with E-state index in [9.17, 15) is 9.59 Å². The summed E-state index contributed by atoms with van der Waals surface area (Å²) in [6, 6.07) is 0. The summed E-state index contributed by atoms with van der Waals surface area (Å²) >= 11 is 0. The van der Waals surface area contributed by atoms with E-state index in [0.717, 1.165) is 0 Å². The number of carbonyl (C=O) groups excluding carboxylic acids is 2. The van der Waals surface area contributed by atoms with Gasteiger partial charge in [-0.25, -0.2) is 0 Å². The molecule has 0 saturated carbocycles. The molecule has 0 aromatic carbocycles. The highest BCUT2D eigenvalue weighted by molar-refractivity contribution is 6.19. The van der Waals surface area contributed by atoms with Crippen LogP contribution in [0.4, 0.5) is 0 Å². The fourth-order valence-electron chi connectivity index (χ4n) is 0.532. The van der Waals surface area contributed by atoms with Crippen LogP contribution in [-0.4, -0.2) is 11.8 Å². The molecular weight excluding hydrogens is 106 g/mol. The number of β-lactam (4-membered cyclic amide) rings is 2. The fraction of sp³-hybridized carbons (Fsp3) is 0.200. The van der Waals surface area contributed by atoms with Crippen LogP contribution in [0.3, 0.4) is 0 Å². The van der Waals surface area contributed by atoms with E-state index in [0.29, 0.717) is 0 Å². The van der Waals surface area contributed by atoms with Gasteiger partial charge in [-0.05, 0) is 0 Å². The van der Waals surface area contributed by atoms with Gasteiger partial charge >= 0.3 is 0 Å². The predicted octanol–water partition coefficient (Wildman–Crippen LogP) is -0.555. The van der Waals surface area contributed by atoms with E-state index >= 15 is 0 Å². The smallest absolute Gasteiger partial charge is 0.243 e. The Morgan fingerprint density at radius 1 is 1.50 bits per heavy atom. The third-order valence-corrected chi connectivity index (χ3v) is 1.05. The zero-order valence-electron chi connectivity index (χ0n) is 4.18. The molecule has 1 saturated heterocycles. The lowest BCUT2D eigenvalue weighted by atomic mass is 10.0. The van der Waals surface area contributed by atoms with Crippen LogP contribution in [0.5, 0.6) is 0 Å². The summed E-state index contributed by atoms with van der Waals surface area (Å²) < 4.78 is 0. The van der Waals surface area contributed by atoms with Crippen LogP contribution in [0, 0.1) is 5.92 Å². The lowest BCUT2D eigenvalue weighted by Gasteiger charge is -2.19. The first kappa shape index (κ1) is 5.03. The van der Waals surface area contributed by atoms with Gasteiger partial charge < -0.3 is 0 Å². The van der Waals surface area contributed by atoms with Crippen molar-refractivity contribution in [1.29, 1.82) is 0 Å². The maximum atomic E-state index is 10.3. The molecule has 3 nitrogen and oxygen atoms in total. The molecule has 1 heterocycles. The van der Waals surface area contributed by atoms with Gasteiger partial charge in [0.25, 0.3) is 0 Å². The highest BCUT2D eigenvalue weighted by Gasteiger charge is 2.34. The summed E-state index contributed by atoms with van der Waals surface area (Å²) in [6.45, 7) is 3.30. The molecule has 0 spiro atoms. The molecule has 0 atom stereocenters. The van der Waals surface area contributed by atoms with Gasteiger partial charge in [-0.3, -0.25) is 14.9 Å². The molecule has 0 bridgehead atoms. The molecule has 3 heteroatoms. The van der Waals surface area contributed by atoms with Crippen molar-refractivity contribution in [1.82, 2.24) is 5.32 Å². The van der Waals surface area contributed by atoms with Crippen LogP contribution >= 0.6 is 0 Å². The molecule has 0 aromatic heterocycles. The first-order chi connectivity index (χ1) is 3.75. The Kier molecular flexibility index (Phi) is 0.901. The highest BCUT2D eigenvalue weighted by atomic mass is 16.2. The molecule has 0 radical (unpaired) electrons. The lowest BCUT2D eigenvalue weighted by molar-refractivity contribution is -0.145. The SMILES string of the molecule is C=CC1C(=O)NC1=O. The van der Waals surface area contributed by atoms with Crippen molar-refractivity contribution in [3.05, 3.63) is 12.7 Å². The van der Waals surface area contributed by atoms with E-state index in [2.05, 4.69) is 11.9 Å². The summed E-state index contributed by atoms with van der Waals surface area (Å²) in [4.78, 5) is 20.5. The standard InChI is InChI=1S/C5H5NO2/c1-2-3-4(7)6-5(3)8/h2-3H,1H2,(H,6,7,8). The first-order valence-electron chi connectivity index (χ1n) is 2.23. The lowest BCUT2D eigenvalue weighted by Crippen LogP contribution is -2.53. The minimum Gasteiger partial charge on any atom is -0.295 e. The van der Waals surface area contributed by atoms with E-state index in [4.69, 9.17) is 0 Å². The molecule has 0 aromatic rings. The van der Waals surface area contributed by atoms with Crippen LogP contribution in [0.15, 0.2) is 12.7 Å². The van der Waals surface area contributed by atoms with Crippen LogP contribution in [0.1, 0.15) is 0 Å². The number of hydrogen-bond donors (Lipinski definition) is 1. The van der Waals surface area contributed by atoms with Crippen LogP contribution in [0.2, 0.25) is 0 Å². The minimum atomic E-state index is -0.574. The third-order valence-electron chi connectivity index (χ3n) is 1.05. The monoisotopic (exact) mass is 111 g/mol. The molecule has 0 aliphatic carbocycles. The van der Waals surface area contributed by atoms with Crippen molar-refractivity contribution in [2.24, 2.45) is 5.92 Å². The van der Waals surface area contributed by atoms with Gasteiger partial charge in [-0.15, -0.1) is 6.58 Å². The summed E-state index contributed by atoms with van der Waals surface area (Å²) in [6.07, 6.45) is 1.33. The minimum absolute atomic E-state index is 0.245. The number of carbonyl (C=O) groups is 2. The average Bonchev–Trinajstić information content (AvgIpc) is 1.67. The van der Waals surface area contributed by atoms with E-state index in [-0.39, 0.29) is 11.8 Å². The maximum absolute atomic E-state index is 10.3. The fourth-order valence-corrected chi connectivity index (χ4v) is 0.532. The second-order valence-electron chi connectivity index (χ2n) is 1.57. The van der Waals surface area contributed by atoms with E-state index in [1.165, 1.54) is 6.08 Å². The molecule has 1 fully saturated rings. The van der Waals surface area contributed by atoms with Crippen LogP contribution in [0.25, 0.3) is 0 Å². The third kappa shape index (κ3) is 0.443. The van der Waals surface area contributed by atoms with Gasteiger partial charge in [0, 0.05) is 0 Å². The molecule has 2 amide bonds. The number of rotatable bonds is 1. The Morgan fingerprint density at radius 2 is 2.00 bits per heavy atom. The van der Waals surface area contributed by atoms with Gasteiger partial charge in [0.05, 0.1) is 0 Å². The summed E-state index contributed by atoms with van der Waals surface area (Å²) in [5, 5.41) is 2.06. The zero-order valence-corrected chi connectivity index (χ0v) is 4.18. The second kappa shape index (κ2) is 1.43. The van der Waals surface area contributed by atoms with Gasteiger partial charge in [0.2, 0.25) is 11.8 Å². The largest absolute Gasteiger partial charge is 0.295 e. The number of imide groups is 1. The number of amides is 2. The Bertz CT molecular complexity index is 148. The molecule has 1 N–H and O–H groups in total. The molecule has 1 aliphatic heterocycles. The van der Waals surface area contributed by atoms with Crippen molar-refractivity contribution in [3.63, 3.8) is 0 Å². The first-order valence-corrected chi connectivity index (χ1v) is 2.23. The van der Waals surface area contributed by atoms with Gasteiger partial charge in [0.1, 0.15) is 5.92 Å². The Hall–Kier alpha value is -1.12. The van der Waals surface area contributed by atoms with Crippen molar-refractivity contribution < 1.29 is 9.59 Å². The molecule has 1 aliphatic rings. The van der Waals surface area contributed by atoms with E-state index in [1.54, 1.807) is 0 Å². The van der Waals surface area contributed by atoms with Gasteiger partial charge in [0.15, 0.2) is 0 Å². The number of hydrogen-bond acceptors (Lipinski definition) is 2. The summed E-state index contributed by atoms with van der Waals surface area (Å²) in [5.41, 5.74) is 0. The quantitative estimate of drug-likeness (QED) is 0.280. The van der Waals surface area contributed by atoms with Gasteiger partial charge in [-0.2, -0.15) is 0 Å². The topological polar surface area (TPSA) is 46.2 Å². The Morgan fingerprint density at radius 3 is 2.12 bits per heavy atom. The van der Waals surface area contributed by atoms with E-state index < -0.39 is 5.92 Å². The Labute approximate surface area is 46.4 Å². The van der Waals surface area contributed by atoms with Crippen molar-refractivity contribution in [2.75, 3.05) is 0 Å². The van der Waals surface area contributed by atoms with Gasteiger partial charge in [-0.1, -0.05) is 6.08 Å². The van der Waals surface area contributed by atoms with Crippen LogP contribution < -0.4 is 5.32 Å².